The van der Waals surface area contributed by atoms with Crippen molar-refractivity contribution >= 4 is 17.5 Å². The Morgan fingerprint density at radius 1 is 1.50 bits per heavy atom. The van der Waals surface area contributed by atoms with Gasteiger partial charge in [0.2, 0.25) is 0 Å². The molecule has 0 aliphatic carbocycles. The fourth-order valence-electron chi connectivity index (χ4n) is 1.24. The number of carbonyl (C=O) groups excluding carboxylic acids is 1. The molecule has 1 N–H and O–H groups in total. The molecule has 0 fully saturated rings. The van der Waals surface area contributed by atoms with E-state index in [2.05, 4.69) is 15.5 Å². The summed E-state index contributed by atoms with van der Waals surface area (Å²) in [6, 6.07) is 4.02. The van der Waals surface area contributed by atoms with Gasteiger partial charge in [-0.05, 0) is 22.9 Å². The first kappa shape index (κ1) is 11.7. The molecule has 0 aliphatic rings. The predicted molar refractivity (Wildman–Crippen MR) is 60.1 cm³/mol. The van der Waals surface area contributed by atoms with E-state index < -0.39 is 10.8 Å². The Morgan fingerprint density at radius 3 is 2.78 bits per heavy atom. The van der Waals surface area contributed by atoms with Gasteiger partial charge in [-0.3, -0.25) is 4.79 Å². The predicted octanol–water partition coefficient (Wildman–Crippen LogP) is 1.54. The van der Waals surface area contributed by atoms with Crippen LogP contribution in [0.3, 0.4) is 0 Å². The molecule has 1 amide bonds. The molecule has 0 unspecified atom stereocenters. The van der Waals surface area contributed by atoms with Crippen molar-refractivity contribution in [1.29, 1.82) is 0 Å². The molecule has 2 aromatic rings. The second-order valence-electron chi connectivity index (χ2n) is 3.44. The molecule has 0 atom stereocenters. The number of rotatable bonds is 3. The Hall–Kier alpha value is -2.77. The van der Waals surface area contributed by atoms with Crippen LogP contribution >= 0.6 is 0 Å². The van der Waals surface area contributed by atoms with Gasteiger partial charge < -0.3 is 20.0 Å². The lowest BCUT2D eigenvalue weighted by atomic mass is 10.2. The minimum absolute atomic E-state index is 0.196. The molecule has 8 heteroatoms. The van der Waals surface area contributed by atoms with Gasteiger partial charge in [0.1, 0.15) is 5.76 Å². The summed E-state index contributed by atoms with van der Waals surface area (Å²) < 4.78 is 4.78. The fraction of sp³-hybridized carbons (Fsp3) is 0.100. The van der Waals surface area contributed by atoms with Gasteiger partial charge >= 0.3 is 5.82 Å². The molecule has 0 radical (unpaired) electrons. The van der Waals surface area contributed by atoms with Crippen LogP contribution in [0.15, 0.2) is 28.9 Å². The highest BCUT2D eigenvalue weighted by atomic mass is 16.6. The average molecular weight is 248 g/mol. The zero-order valence-electron chi connectivity index (χ0n) is 9.28. The van der Waals surface area contributed by atoms with Crippen LogP contribution in [0.2, 0.25) is 0 Å². The maximum absolute atomic E-state index is 11.7. The third kappa shape index (κ3) is 2.48. The zero-order chi connectivity index (χ0) is 13.1. The third-order valence-electron chi connectivity index (χ3n) is 2.07. The number of hydrogen-bond donors (Lipinski definition) is 1. The van der Waals surface area contributed by atoms with Crippen molar-refractivity contribution < 1.29 is 14.2 Å². The molecule has 2 heterocycles. The van der Waals surface area contributed by atoms with Crippen molar-refractivity contribution in [2.75, 3.05) is 5.32 Å². The van der Waals surface area contributed by atoms with E-state index in [-0.39, 0.29) is 17.2 Å². The number of hydrogen-bond acceptors (Lipinski definition) is 6. The summed E-state index contributed by atoms with van der Waals surface area (Å²) in [4.78, 5) is 25.0. The van der Waals surface area contributed by atoms with Gasteiger partial charge in [0.05, 0.1) is 5.56 Å². The summed E-state index contributed by atoms with van der Waals surface area (Å²) in [5.41, 5.74) is 0.196. The number of nitrogens with one attached hydrogen (secondary N) is 1. The van der Waals surface area contributed by atoms with E-state index >= 15 is 0 Å². The first-order valence-electron chi connectivity index (χ1n) is 4.91. The van der Waals surface area contributed by atoms with Crippen molar-refractivity contribution in [1.82, 2.24) is 10.1 Å². The number of nitro groups is 1. The van der Waals surface area contributed by atoms with E-state index in [0.29, 0.717) is 5.76 Å². The highest BCUT2D eigenvalue weighted by Gasteiger charge is 2.13. The number of anilines is 1. The van der Waals surface area contributed by atoms with Crippen LogP contribution in [0.1, 0.15) is 16.1 Å². The van der Waals surface area contributed by atoms with Gasteiger partial charge in [-0.25, -0.2) is 0 Å². The van der Waals surface area contributed by atoms with Gasteiger partial charge in [0.25, 0.3) is 5.91 Å². The Kier molecular flexibility index (Phi) is 3.00. The first-order chi connectivity index (χ1) is 8.56. The van der Waals surface area contributed by atoms with Crippen molar-refractivity contribution in [3.8, 4) is 0 Å². The van der Waals surface area contributed by atoms with E-state index in [0.717, 1.165) is 12.3 Å². The molecule has 8 nitrogen and oxygen atoms in total. The molecular weight excluding hydrogens is 240 g/mol. The van der Waals surface area contributed by atoms with Gasteiger partial charge in [-0.2, -0.15) is 0 Å². The Labute approximate surface area is 101 Å². The van der Waals surface area contributed by atoms with Gasteiger partial charge in [-0.15, -0.1) is 0 Å². The summed E-state index contributed by atoms with van der Waals surface area (Å²) in [5, 5.41) is 16.5. The molecule has 0 aromatic carbocycles. The third-order valence-corrected chi connectivity index (χ3v) is 2.07. The average Bonchev–Trinajstić information content (AvgIpc) is 2.75. The summed E-state index contributed by atoms with van der Waals surface area (Å²) in [6.45, 7) is 1.69. The standard InChI is InChI=1S/C10H8N4O4/c1-6-4-8(13-18-6)12-10(15)7-2-3-9(11-5-7)14(16)17/h2-5H,1H3,(H,12,13,15). The number of carbonyl (C=O) groups is 1. The van der Waals surface area contributed by atoms with Crippen LogP contribution in [0.25, 0.3) is 0 Å². The monoisotopic (exact) mass is 248 g/mol. The van der Waals surface area contributed by atoms with E-state index in [1.807, 2.05) is 0 Å². The van der Waals surface area contributed by atoms with Crippen LogP contribution < -0.4 is 5.32 Å². The van der Waals surface area contributed by atoms with E-state index in [1.54, 1.807) is 13.0 Å². The van der Waals surface area contributed by atoms with Crippen LogP contribution in [0.4, 0.5) is 11.6 Å². The van der Waals surface area contributed by atoms with Gasteiger partial charge in [0.15, 0.2) is 12.0 Å². The van der Waals surface area contributed by atoms with Gasteiger partial charge in [-0.1, -0.05) is 5.16 Å². The summed E-state index contributed by atoms with van der Waals surface area (Å²) in [7, 11) is 0. The van der Waals surface area contributed by atoms with Crippen LogP contribution in [-0.2, 0) is 0 Å². The molecule has 0 saturated carbocycles. The minimum atomic E-state index is -0.636. The Morgan fingerprint density at radius 2 is 2.28 bits per heavy atom. The van der Waals surface area contributed by atoms with Crippen LogP contribution in [0, 0.1) is 17.0 Å². The molecule has 0 saturated heterocycles. The van der Waals surface area contributed by atoms with Crippen molar-refractivity contribution in [2.24, 2.45) is 0 Å². The lowest BCUT2D eigenvalue weighted by Gasteiger charge is -1.98. The normalized spacial score (nSPS) is 10.1. The van der Waals surface area contributed by atoms with Crippen LogP contribution in [-0.4, -0.2) is 21.0 Å². The number of pyridine rings is 1. The van der Waals surface area contributed by atoms with E-state index in [9.17, 15) is 14.9 Å². The van der Waals surface area contributed by atoms with Crippen molar-refractivity contribution in [3.05, 3.63) is 45.8 Å². The summed E-state index contributed by atoms with van der Waals surface area (Å²) >= 11 is 0. The number of aromatic nitrogens is 2. The molecule has 18 heavy (non-hydrogen) atoms. The molecule has 0 aliphatic heterocycles. The lowest BCUT2D eigenvalue weighted by Crippen LogP contribution is -2.12. The number of nitrogens with zero attached hydrogens (tertiary/aromatic N) is 3. The highest BCUT2D eigenvalue weighted by molar-refractivity contribution is 6.03. The lowest BCUT2D eigenvalue weighted by molar-refractivity contribution is -0.389. The van der Waals surface area contributed by atoms with E-state index in [1.165, 1.54) is 6.07 Å². The van der Waals surface area contributed by atoms with Gasteiger partial charge in [0, 0.05) is 12.1 Å². The molecule has 2 rings (SSSR count). The molecule has 2 aromatic heterocycles. The highest BCUT2D eigenvalue weighted by Crippen LogP contribution is 2.11. The Bertz CT molecular complexity index is 590. The smallest absolute Gasteiger partial charge is 0.360 e. The molecular formula is C10H8N4O4. The molecule has 92 valence electrons. The topological polar surface area (TPSA) is 111 Å². The van der Waals surface area contributed by atoms with Crippen LogP contribution in [0.5, 0.6) is 0 Å². The maximum Gasteiger partial charge on any atom is 0.363 e. The largest absolute Gasteiger partial charge is 0.363 e. The Balaban J connectivity index is 2.11. The minimum Gasteiger partial charge on any atom is -0.360 e. The van der Waals surface area contributed by atoms with E-state index in [4.69, 9.17) is 4.52 Å². The quantitative estimate of drug-likeness (QED) is 0.651. The summed E-state index contributed by atoms with van der Waals surface area (Å²) in [5.74, 6) is 0.0532. The second-order valence-corrected chi connectivity index (χ2v) is 3.44. The second kappa shape index (κ2) is 4.62. The fourth-order valence-corrected chi connectivity index (χ4v) is 1.24. The van der Waals surface area contributed by atoms with Crippen molar-refractivity contribution in [2.45, 2.75) is 6.92 Å². The first-order valence-corrected chi connectivity index (χ1v) is 4.91. The number of amides is 1. The molecule has 0 bridgehead atoms. The van der Waals surface area contributed by atoms with Crippen molar-refractivity contribution in [3.63, 3.8) is 0 Å². The number of aryl methyl sites for hydroxylation is 1. The molecule has 0 spiro atoms. The maximum atomic E-state index is 11.7. The summed E-state index contributed by atoms with van der Waals surface area (Å²) in [6.07, 6.45) is 1.13. The zero-order valence-corrected chi connectivity index (χ0v) is 9.28. The SMILES string of the molecule is Cc1cc(NC(=O)c2ccc([N+](=O)[O-])nc2)no1.